The highest BCUT2D eigenvalue weighted by Gasteiger charge is 2.31. The first-order valence-corrected chi connectivity index (χ1v) is 7.87. The highest BCUT2D eigenvalue weighted by atomic mass is 32.1. The van der Waals surface area contributed by atoms with Crippen molar-refractivity contribution >= 4 is 23.1 Å². The topological polar surface area (TPSA) is 46.9 Å². The molecular weight excluding hydrogens is 320 g/mol. The van der Waals surface area contributed by atoms with E-state index >= 15 is 0 Å². The van der Waals surface area contributed by atoms with E-state index in [0.29, 0.717) is 11.5 Å². The van der Waals surface area contributed by atoms with Crippen LogP contribution in [0.5, 0.6) is 0 Å². The van der Waals surface area contributed by atoms with E-state index in [0.717, 1.165) is 23.1 Å². The molecule has 23 heavy (non-hydrogen) atoms. The molecular formula is C16H11F2N3OS. The van der Waals surface area contributed by atoms with E-state index in [1.54, 1.807) is 11.3 Å². The number of hydrogen-bond acceptors (Lipinski definition) is 3. The Labute approximate surface area is 134 Å². The number of hydrogen-bond donors (Lipinski definition) is 1. The average molecular weight is 331 g/mol. The summed E-state index contributed by atoms with van der Waals surface area (Å²) in [6.45, 7) is 0. The van der Waals surface area contributed by atoms with Crippen LogP contribution < -0.4 is 5.32 Å². The molecule has 0 fully saturated rings. The monoisotopic (exact) mass is 331 g/mol. The zero-order chi connectivity index (χ0) is 16.0. The Morgan fingerprint density at radius 1 is 1.30 bits per heavy atom. The van der Waals surface area contributed by atoms with Crippen LogP contribution in [0.2, 0.25) is 0 Å². The number of halogens is 2. The molecule has 0 saturated carbocycles. The van der Waals surface area contributed by atoms with Crippen molar-refractivity contribution in [3.63, 3.8) is 0 Å². The molecule has 3 heterocycles. The molecule has 1 aromatic carbocycles. The molecule has 0 saturated heterocycles. The summed E-state index contributed by atoms with van der Waals surface area (Å²) in [6, 6.07) is 7.04. The smallest absolute Gasteiger partial charge is 0.226 e. The normalized spacial score (nSPS) is 17.0. The van der Waals surface area contributed by atoms with Crippen molar-refractivity contribution in [2.75, 3.05) is 5.32 Å². The Morgan fingerprint density at radius 3 is 2.96 bits per heavy atom. The lowest BCUT2D eigenvalue weighted by molar-refractivity contribution is -0.116. The van der Waals surface area contributed by atoms with Crippen molar-refractivity contribution < 1.29 is 13.6 Å². The number of benzene rings is 1. The van der Waals surface area contributed by atoms with Gasteiger partial charge in [0.05, 0.1) is 11.4 Å². The number of nitrogens with zero attached hydrogens (tertiary/aromatic N) is 2. The lowest BCUT2D eigenvalue weighted by Crippen LogP contribution is -2.24. The minimum absolute atomic E-state index is 0.0193. The lowest BCUT2D eigenvalue weighted by atomic mass is 9.96. The number of thiophene rings is 1. The van der Waals surface area contributed by atoms with Crippen LogP contribution in [0.15, 0.2) is 42.0 Å². The number of fused-ring (bicyclic) bond motifs is 1. The number of anilines is 1. The molecule has 1 N–H and O–H groups in total. The molecule has 7 heteroatoms. The first kappa shape index (κ1) is 14.1. The van der Waals surface area contributed by atoms with Crippen LogP contribution in [-0.4, -0.2) is 15.5 Å². The first-order valence-electron chi connectivity index (χ1n) is 6.99. The van der Waals surface area contributed by atoms with Crippen LogP contribution in [0.4, 0.5) is 14.6 Å². The summed E-state index contributed by atoms with van der Waals surface area (Å²) in [6.07, 6.45) is 1.70. The van der Waals surface area contributed by atoms with Gasteiger partial charge < -0.3 is 5.32 Å². The molecule has 4 nitrogen and oxygen atoms in total. The average Bonchev–Trinajstić information content (AvgIpc) is 3.18. The van der Waals surface area contributed by atoms with Gasteiger partial charge in [0.2, 0.25) is 5.91 Å². The van der Waals surface area contributed by atoms with E-state index in [2.05, 4.69) is 10.3 Å². The van der Waals surface area contributed by atoms with Gasteiger partial charge in [-0.15, -0.1) is 11.3 Å². The summed E-state index contributed by atoms with van der Waals surface area (Å²) < 4.78 is 28.9. The molecule has 1 atom stereocenters. The molecule has 116 valence electrons. The van der Waals surface area contributed by atoms with Gasteiger partial charge in [-0.1, -0.05) is 6.07 Å². The highest BCUT2D eigenvalue weighted by Crippen LogP contribution is 2.39. The number of rotatable bonds is 2. The standard InChI is InChI=1S/C16H11F2N3OS/c17-9-3-4-11(18)12(6-9)21-8-19-15-10(13-2-1-5-23-13)7-14(22)20-16(15)21/h1-6,8,10H,7H2,(H,20,22). The third-order valence-electron chi connectivity index (χ3n) is 3.83. The van der Waals surface area contributed by atoms with Gasteiger partial charge >= 0.3 is 0 Å². The summed E-state index contributed by atoms with van der Waals surface area (Å²) in [7, 11) is 0. The number of carbonyl (C=O) groups is 1. The fourth-order valence-electron chi connectivity index (χ4n) is 2.78. The second kappa shape index (κ2) is 5.27. The molecule has 4 rings (SSSR count). The van der Waals surface area contributed by atoms with E-state index < -0.39 is 11.6 Å². The van der Waals surface area contributed by atoms with Crippen LogP contribution in [0.3, 0.4) is 0 Å². The molecule has 1 amide bonds. The lowest BCUT2D eigenvalue weighted by Gasteiger charge is -2.22. The van der Waals surface area contributed by atoms with Crippen LogP contribution in [0, 0.1) is 11.6 Å². The second-order valence-electron chi connectivity index (χ2n) is 5.26. The number of nitrogens with one attached hydrogen (secondary N) is 1. The van der Waals surface area contributed by atoms with Crippen LogP contribution in [-0.2, 0) is 4.79 Å². The third-order valence-corrected chi connectivity index (χ3v) is 4.81. The summed E-state index contributed by atoms with van der Waals surface area (Å²) in [5.74, 6) is -1.09. The molecule has 2 aromatic heterocycles. The molecule has 0 spiro atoms. The van der Waals surface area contributed by atoms with Gasteiger partial charge in [-0.2, -0.15) is 0 Å². The Morgan fingerprint density at radius 2 is 2.17 bits per heavy atom. The van der Waals surface area contributed by atoms with E-state index in [9.17, 15) is 13.6 Å². The minimum atomic E-state index is -0.584. The van der Waals surface area contributed by atoms with E-state index in [-0.39, 0.29) is 23.9 Å². The second-order valence-corrected chi connectivity index (χ2v) is 6.24. The molecule has 1 unspecified atom stereocenters. The van der Waals surface area contributed by atoms with Crippen molar-refractivity contribution in [2.24, 2.45) is 0 Å². The van der Waals surface area contributed by atoms with E-state index in [4.69, 9.17) is 0 Å². The van der Waals surface area contributed by atoms with E-state index in [1.807, 2.05) is 17.5 Å². The molecule has 0 radical (unpaired) electrons. The van der Waals surface area contributed by atoms with Gasteiger partial charge in [0.15, 0.2) is 0 Å². The Hall–Kier alpha value is -2.54. The zero-order valence-corrected chi connectivity index (χ0v) is 12.6. The molecule has 1 aliphatic heterocycles. The molecule has 1 aliphatic rings. The fourth-order valence-corrected chi connectivity index (χ4v) is 3.62. The van der Waals surface area contributed by atoms with Gasteiger partial charge in [0.25, 0.3) is 0 Å². The van der Waals surface area contributed by atoms with Gasteiger partial charge in [0.1, 0.15) is 23.8 Å². The van der Waals surface area contributed by atoms with Gasteiger partial charge in [0, 0.05) is 23.3 Å². The van der Waals surface area contributed by atoms with Gasteiger partial charge in [-0.05, 0) is 23.6 Å². The predicted octanol–water partition coefficient (Wildman–Crippen LogP) is 3.69. The Balaban J connectivity index is 1.87. The van der Waals surface area contributed by atoms with Crippen LogP contribution >= 0.6 is 11.3 Å². The predicted molar refractivity (Wildman–Crippen MR) is 82.9 cm³/mol. The summed E-state index contributed by atoms with van der Waals surface area (Å²) in [4.78, 5) is 17.4. The van der Waals surface area contributed by atoms with Crippen molar-refractivity contribution in [3.8, 4) is 5.69 Å². The fraction of sp³-hybridized carbons (Fsp3) is 0.125. The minimum Gasteiger partial charge on any atom is -0.310 e. The summed E-state index contributed by atoms with van der Waals surface area (Å²) >= 11 is 1.54. The maximum absolute atomic E-state index is 14.0. The number of imidazole rings is 1. The quantitative estimate of drug-likeness (QED) is 0.778. The van der Waals surface area contributed by atoms with E-state index in [1.165, 1.54) is 10.9 Å². The van der Waals surface area contributed by atoms with Crippen molar-refractivity contribution in [2.45, 2.75) is 12.3 Å². The third kappa shape index (κ3) is 2.33. The molecule has 0 bridgehead atoms. The summed E-state index contributed by atoms with van der Waals surface area (Å²) in [5, 5.41) is 4.66. The first-order chi connectivity index (χ1) is 11.1. The van der Waals surface area contributed by atoms with Crippen molar-refractivity contribution in [1.82, 2.24) is 9.55 Å². The largest absolute Gasteiger partial charge is 0.310 e. The zero-order valence-electron chi connectivity index (χ0n) is 11.8. The molecule has 3 aromatic rings. The highest BCUT2D eigenvalue weighted by molar-refractivity contribution is 7.10. The maximum atomic E-state index is 14.0. The molecule has 0 aliphatic carbocycles. The van der Waals surface area contributed by atoms with Gasteiger partial charge in [-0.3, -0.25) is 9.36 Å². The number of aromatic nitrogens is 2. The summed E-state index contributed by atoms with van der Waals surface area (Å²) in [5.41, 5.74) is 0.682. The number of amides is 1. The Bertz CT molecular complexity index is 889. The van der Waals surface area contributed by atoms with Crippen molar-refractivity contribution in [3.05, 3.63) is 64.2 Å². The Kier molecular flexibility index (Phi) is 3.23. The SMILES string of the molecule is O=C1CC(c2cccs2)c2ncn(-c3cc(F)ccc3F)c2N1. The van der Waals surface area contributed by atoms with Gasteiger partial charge in [-0.25, -0.2) is 13.8 Å². The van der Waals surface area contributed by atoms with Crippen LogP contribution in [0.1, 0.15) is 22.9 Å². The van der Waals surface area contributed by atoms with Crippen LogP contribution in [0.25, 0.3) is 5.69 Å². The van der Waals surface area contributed by atoms with Crippen molar-refractivity contribution in [1.29, 1.82) is 0 Å². The maximum Gasteiger partial charge on any atom is 0.226 e. The number of carbonyl (C=O) groups excluding carboxylic acids is 1.